The second-order valence-corrected chi connectivity index (χ2v) is 8.84. The molecule has 32 heavy (non-hydrogen) atoms. The van der Waals surface area contributed by atoms with Gasteiger partial charge in [0.05, 0.1) is 20.8 Å². The van der Waals surface area contributed by atoms with Gasteiger partial charge in [0.2, 0.25) is 0 Å². The Hall–Kier alpha value is -2.77. The molecule has 1 heterocycles. The molecule has 3 rings (SSSR count). The monoisotopic (exact) mass is 461 g/mol. The number of methoxy groups -OCH3 is 2. The Morgan fingerprint density at radius 1 is 1.19 bits per heavy atom. The number of nitrogens with zero attached hydrogens (tertiary/aromatic N) is 1. The molecule has 2 aromatic rings. The average molecular weight is 462 g/mol. The maximum absolute atomic E-state index is 13.1. The number of anilines is 1. The van der Waals surface area contributed by atoms with E-state index >= 15 is 0 Å². The second kappa shape index (κ2) is 9.79. The Balaban J connectivity index is 2.08. The van der Waals surface area contributed by atoms with Gasteiger partial charge in [-0.2, -0.15) is 0 Å². The van der Waals surface area contributed by atoms with Crippen molar-refractivity contribution in [1.82, 2.24) is 0 Å². The van der Waals surface area contributed by atoms with Crippen LogP contribution < -0.4 is 14.4 Å². The molecule has 0 bridgehead atoms. The molecule has 1 unspecified atom stereocenters. The van der Waals surface area contributed by atoms with Gasteiger partial charge in [-0.25, -0.2) is 0 Å². The van der Waals surface area contributed by atoms with Crippen LogP contribution in [-0.2, 0) is 19.1 Å². The molecule has 0 saturated carbocycles. The lowest BCUT2D eigenvalue weighted by Gasteiger charge is -2.32. The minimum atomic E-state index is -0.598. The number of carbonyl (C=O) groups excluding carboxylic acids is 2. The third kappa shape index (κ3) is 5.16. The quantitative estimate of drug-likeness (QED) is 0.569. The van der Waals surface area contributed by atoms with Crippen LogP contribution in [0.15, 0.2) is 36.4 Å². The Morgan fingerprint density at radius 2 is 1.94 bits per heavy atom. The van der Waals surface area contributed by atoms with E-state index in [9.17, 15) is 9.59 Å². The molecule has 0 radical (unpaired) electrons. The smallest absolute Gasteiger partial charge is 0.302 e. The van der Waals surface area contributed by atoms with Gasteiger partial charge in [-0.15, -0.1) is 0 Å². The van der Waals surface area contributed by atoms with Gasteiger partial charge in [0, 0.05) is 40.7 Å². The van der Waals surface area contributed by atoms with E-state index in [0.29, 0.717) is 28.8 Å². The minimum absolute atomic E-state index is 0.138. The number of esters is 1. The predicted octanol–water partition coefficient (Wildman–Crippen LogP) is 4.40. The summed E-state index contributed by atoms with van der Waals surface area (Å²) in [5.74, 6) is 0.531. The highest BCUT2D eigenvalue weighted by Gasteiger charge is 2.35. The molecule has 0 N–H and O–H groups in total. The van der Waals surface area contributed by atoms with Crippen molar-refractivity contribution in [3.8, 4) is 11.5 Å². The van der Waals surface area contributed by atoms with Crippen LogP contribution in [-0.4, -0.2) is 45.9 Å². The maximum atomic E-state index is 13.1. The van der Waals surface area contributed by atoms with E-state index in [0.717, 1.165) is 11.1 Å². The molecule has 7 nitrogen and oxygen atoms in total. The van der Waals surface area contributed by atoms with Gasteiger partial charge in [-0.05, 0) is 24.3 Å². The van der Waals surface area contributed by atoms with E-state index in [1.165, 1.54) is 6.92 Å². The zero-order chi connectivity index (χ0) is 23.5. The Morgan fingerprint density at radius 3 is 2.59 bits per heavy atom. The lowest BCUT2D eigenvalue weighted by molar-refractivity contribution is -0.143. The number of hydrogen-bond donors (Lipinski definition) is 0. The standard InChI is InChI=1S/C24H28ClNO6/c1-15(27)32-14-24(2,3)13-26-19-10-9-16(25)11-18(19)22(31-12-21(26)28)17-7-6-8-20(29-4)23(17)30-5/h6-11,22H,12-14H2,1-5H3. The number of ether oxygens (including phenoxy) is 4. The predicted molar refractivity (Wildman–Crippen MR) is 122 cm³/mol. The van der Waals surface area contributed by atoms with Crippen molar-refractivity contribution in [2.45, 2.75) is 26.9 Å². The first kappa shape index (κ1) is 23.9. The fourth-order valence-corrected chi connectivity index (χ4v) is 3.94. The zero-order valence-corrected chi connectivity index (χ0v) is 19.7. The Bertz CT molecular complexity index is 1010. The van der Waals surface area contributed by atoms with E-state index in [4.69, 9.17) is 30.5 Å². The molecule has 1 aliphatic heterocycles. The van der Waals surface area contributed by atoms with E-state index in [1.807, 2.05) is 32.0 Å². The first-order chi connectivity index (χ1) is 15.2. The number of fused-ring (bicyclic) bond motifs is 1. The summed E-state index contributed by atoms with van der Waals surface area (Å²) in [6.45, 7) is 5.62. The molecular formula is C24H28ClNO6. The Labute approximate surface area is 193 Å². The zero-order valence-electron chi connectivity index (χ0n) is 18.9. The van der Waals surface area contributed by atoms with Gasteiger partial charge in [-0.1, -0.05) is 37.6 Å². The maximum Gasteiger partial charge on any atom is 0.302 e. The Kier molecular flexibility index (Phi) is 7.31. The molecule has 1 atom stereocenters. The molecule has 0 spiro atoms. The van der Waals surface area contributed by atoms with Crippen molar-refractivity contribution in [3.63, 3.8) is 0 Å². The van der Waals surface area contributed by atoms with Crippen molar-refractivity contribution in [1.29, 1.82) is 0 Å². The summed E-state index contributed by atoms with van der Waals surface area (Å²) in [6, 6.07) is 10.9. The fraction of sp³-hybridized carbons (Fsp3) is 0.417. The number of carbonyl (C=O) groups is 2. The molecule has 0 aliphatic carbocycles. The highest BCUT2D eigenvalue weighted by atomic mass is 35.5. The minimum Gasteiger partial charge on any atom is -0.493 e. The topological polar surface area (TPSA) is 74.3 Å². The lowest BCUT2D eigenvalue weighted by Crippen LogP contribution is -2.42. The van der Waals surface area contributed by atoms with Crippen molar-refractivity contribution < 1.29 is 28.5 Å². The van der Waals surface area contributed by atoms with Crippen LogP contribution >= 0.6 is 11.6 Å². The van der Waals surface area contributed by atoms with E-state index in [2.05, 4.69) is 0 Å². The summed E-state index contributed by atoms with van der Waals surface area (Å²) < 4.78 is 22.4. The van der Waals surface area contributed by atoms with Crippen molar-refractivity contribution in [2.24, 2.45) is 5.41 Å². The van der Waals surface area contributed by atoms with Crippen LogP contribution in [0.3, 0.4) is 0 Å². The van der Waals surface area contributed by atoms with E-state index < -0.39 is 11.5 Å². The van der Waals surface area contributed by atoms with Crippen molar-refractivity contribution >= 4 is 29.2 Å². The van der Waals surface area contributed by atoms with Gasteiger partial charge >= 0.3 is 5.97 Å². The molecular weight excluding hydrogens is 434 g/mol. The highest BCUT2D eigenvalue weighted by Crippen LogP contribution is 2.44. The fourth-order valence-electron chi connectivity index (χ4n) is 3.76. The van der Waals surface area contributed by atoms with E-state index in [-0.39, 0.29) is 25.1 Å². The summed E-state index contributed by atoms with van der Waals surface area (Å²) in [5.41, 5.74) is 1.66. The van der Waals surface area contributed by atoms with Crippen LogP contribution in [0, 0.1) is 5.41 Å². The normalized spacial score (nSPS) is 16.2. The number of halogens is 1. The van der Waals surface area contributed by atoms with Gasteiger partial charge in [0.15, 0.2) is 11.5 Å². The van der Waals surface area contributed by atoms with Crippen molar-refractivity contribution in [3.05, 3.63) is 52.5 Å². The molecule has 0 saturated heterocycles. The molecule has 1 amide bonds. The van der Waals surface area contributed by atoms with E-state index in [1.54, 1.807) is 37.3 Å². The molecule has 172 valence electrons. The first-order valence-electron chi connectivity index (χ1n) is 10.2. The molecule has 0 aromatic heterocycles. The molecule has 8 heteroatoms. The van der Waals surface area contributed by atoms with Crippen LogP contribution in [0.5, 0.6) is 11.5 Å². The lowest BCUT2D eigenvalue weighted by atomic mass is 9.92. The van der Waals surface area contributed by atoms with Crippen LogP contribution in [0.4, 0.5) is 5.69 Å². The highest BCUT2D eigenvalue weighted by molar-refractivity contribution is 6.30. The first-order valence-corrected chi connectivity index (χ1v) is 10.6. The number of hydrogen-bond acceptors (Lipinski definition) is 6. The molecule has 1 aliphatic rings. The number of rotatable bonds is 7. The molecule has 2 aromatic carbocycles. The summed E-state index contributed by atoms with van der Waals surface area (Å²) >= 11 is 6.34. The summed E-state index contributed by atoms with van der Waals surface area (Å²) in [4.78, 5) is 26.1. The van der Waals surface area contributed by atoms with Gasteiger partial charge in [-0.3, -0.25) is 9.59 Å². The van der Waals surface area contributed by atoms with Gasteiger partial charge in [0.1, 0.15) is 12.7 Å². The summed E-state index contributed by atoms with van der Waals surface area (Å²) in [7, 11) is 3.13. The van der Waals surface area contributed by atoms with Crippen LogP contribution in [0.1, 0.15) is 38.0 Å². The summed E-state index contributed by atoms with van der Waals surface area (Å²) in [6.07, 6.45) is -0.598. The largest absolute Gasteiger partial charge is 0.493 e. The summed E-state index contributed by atoms with van der Waals surface area (Å²) in [5, 5.41) is 0.521. The number of para-hydroxylation sites is 1. The number of benzene rings is 2. The third-order valence-electron chi connectivity index (χ3n) is 5.21. The average Bonchev–Trinajstić information content (AvgIpc) is 2.88. The second-order valence-electron chi connectivity index (χ2n) is 8.40. The molecule has 0 fully saturated rings. The van der Waals surface area contributed by atoms with Crippen LogP contribution in [0.25, 0.3) is 0 Å². The van der Waals surface area contributed by atoms with Gasteiger partial charge < -0.3 is 23.8 Å². The van der Waals surface area contributed by atoms with Gasteiger partial charge in [0.25, 0.3) is 5.91 Å². The SMILES string of the molecule is COc1cccc(C2OCC(=O)N(CC(C)(C)COC(C)=O)c3ccc(Cl)cc32)c1OC. The number of amides is 1. The third-order valence-corrected chi connectivity index (χ3v) is 5.44. The van der Waals surface area contributed by atoms with Crippen molar-refractivity contribution in [2.75, 3.05) is 38.9 Å². The van der Waals surface area contributed by atoms with Crippen LogP contribution in [0.2, 0.25) is 5.02 Å².